The van der Waals surface area contributed by atoms with E-state index < -0.39 is 15.6 Å². The van der Waals surface area contributed by atoms with Crippen molar-refractivity contribution in [2.24, 2.45) is 0 Å². The Kier molecular flexibility index (Phi) is 3.89. The molecular formula is C18H12BrNO5S. The van der Waals surface area contributed by atoms with E-state index in [9.17, 15) is 13.2 Å². The van der Waals surface area contributed by atoms with E-state index in [1.807, 2.05) is 0 Å². The maximum Gasteiger partial charge on any atom is 0.273 e. The summed E-state index contributed by atoms with van der Waals surface area (Å²) in [4.78, 5) is 13.0. The molecule has 8 heteroatoms. The van der Waals surface area contributed by atoms with Crippen LogP contribution in [0.5, 0.6) is 5.75 Å². The molecule has 2 aromatic carbocycles. The van der Waals surface area contributed by atoms with Gasteiger partial charge in [-0.2, -0.15) is 3.97 Å². The van der Waals surface area contributed by atoms with Crippen LogP contribution in [0.2, 0.25) is 0 Å². The Morgan fingerprint density at radius 3 is 2.35 bits per heavy atom. The highest BCUT2D eigenvalue weighted by atomic mass is 79.9. The van der Waals surface area contributed by atoms with Crippen LogP contribution in [-0.4, -0.2) is 19.5 Å². The highest BCUT2D eigenvalue weighted by Gasteiger charge is 2.25. The van der Waals surface area contributed by atoms with Gasteiger partial charge in [-0.25, -0.2) is 8.42 Å². The van der Waals surface area contributed by atoms with Gasteiger partial charge >= 0.3 is 0 Å². The first-order valence-electron chi connectivity index (χ1n) is 7.56. The number of halogens is 1. The van der Waals surface area contributed by atoms with Crippen LogP contribution in [0.4, 0.5) is 0 Å². The SMILES string of the molecule is COc1ccc(S(=O)(=O)n2c(=O)c3ccccc3c3oc(Br)cc32)cc1. The molecule has 26 heavy (non-hydrogen) atoms. The molecule has 0 fully saturated rings. The summed E-state index contributed by atoms with van der Waals surface area (Å²) in [7, 11) is -2.64. The van der Waals surface area contributed by atoms with Gasteiger partial charge in [0, 0.05) is 11.5 Å². The number of ether oxygens (including phenoxy) is 1. The maximum atomic E-state index is 13.2. The lowest BCUT2D eigenvalue weighted by Crippen LogP contribution is -2.27. The lowest BCUT2D eigenvalue weighted by atomic mass is 10.1. The minimum absolute atomic E-state index is 0.0192. The predicted octanol–water partition coefficient (Wildman–Crippen LogP) is 3.76. The Morgan fingerprint density at radius 1 is 1.04 bits per heavy atom. The van der Waals surface area contributed by atoms with Crippen molar-refractivity contribution in [2.75, 3.05) is 7.11 Å². The van der Waals surface area contributed by atoms with Gasteiger partial charge in [-0.1, -0.05) is 18.2 Å². The Morgan fingerprint density at radius 2 is 1.69 bits per heavy atom. The second-order valence-electron chi connectivity index (χ2n) is 5.56. The third-order valence-electron chi connectivity index (χ3n) is 4.09. The smallest absolute Gasteiger partial charge is 0.273 e. The first-order chi connectivity index (χ1) is 12.4. The van der Waals surface area contributed by atoms with E-state index >= 15 is 0 Å². The van der Waals surface area contributed by atoms with Crippen molar-refractivity contribution in [3.63, 3.8) is 0 Å². The van der Waals surface area contributed by atoms with Crippen LogP contribution in [0.3, 0.4) is 0 Å². The lowest BCUT2D eigenvalue weighted by molar-refractivity contribution is 0.414. The van der Waals surface area contributed by atoms with E-state index in [1.54, 1.807) is 24.3 Å². The summed E-state index contributed by atoms with van der Waals surface area (Å²) in [6, 6.07) is 14.1. The molecule has 132 valence electrons. The predicted molar refractivity (Wildman–Crippen MR) is 101 cm³/mol. The van der Waals surface area contributed by atoms with Crippen LogP contribution in [0, 0.1) is 0 Å². The molecule has 0 N–H and O–H groups in total. The second kappa shape index (κ2) is 6.00. The van der Waals surface area contributed by atoms with Crippen molar-refractivity contribution >= 4 is 47.8 Å². The zero-order valence-corrected chi connectivity index (χ0v) is 15.9. The molecule has 0 aliphatic rings. The van der Waals surface area contributed by atoms with Crippen LogP contribution in [0.25, 0.3) is 21.9 Å². The Labute approximate surface area is 156 Å². The van der Waals surface area contributed by atoms with E-state index in [-0.39, 0.29) is 15.8 Å². The van der Waals surface area contributed by atoms with Crippen LogP contribution in [0.1, 0.15) is 0 Å². The molecule has 0 saturated heterocycles. The Bertz CT molecular complexity index is 1300. The minimum atomic E-state index is -4.13. The average molecular weight is 434 g/mol. The molecule has 0 atom stereocenters. The number of hydrogen-bond acceptors (Lipinski definition) is 5. The topological polar surface area (TPSA) is 78.5 Å². The molecule has 0 aliphatic heterocycles. The second-order valence-corrected chi connectivity index (χ2v) is 8.13. The molecule has 0 amide bonds. The maximum absolute atomic E-state index is 13.2. The molecule has 2 aromatic heterocycles. The number of pyridine rings is 1. The lowest BCUT2D eigenvalue weighted by Gasteiger charge is -2.11. The summed E-state index contributed by atoms with van der Waals surface area (Å²) in [6.45, 7) is 0. The number of benzene rings is 2. The van der Waals surface area contributed by atoms with Gasteiger partial charge in [0.1, 0.15) is 11.3 Å². The fourth-order valence-corrected chi connectivity index (χ4v) is 4.66. The molecule has 0 unspecified atom stereocenters. The number of aromatic nitrogens is 1. The zero-order chi connectivity index (χ0) is 18.5. The fraction of sp³-hybridized carbons (Fsp3) is 0.0556. The van der Waals surface area contributed by atoms with Gasteiger partial charge in [0.25, 0.3) is 15.6 Å². The molecule has 4 aromatic rings. The van der Waals surface area contributed by atoms with E-state index in [4.69, 9.17) is 9.15 Å². The first kappa shape index (κ1) is 16.9. The van der Waals surface area contributed by atoms with Gasteiger partial charge in [-0.05, 0) is 46.3 Å². The van der Waals surface area contributed by atoms with Crippen LogP contribution >= 0.6 is 15.9 Å². The van der Waals surface area contributed by atoms with E-state index in [1.165, 1.54) is 37.4 Å². The monoisotopic (exact) mass is 433 g/mol. The van der Waals surface area contributed by atoms with Crippen molar-refractivity contribution in [1.82, 2.24) is 3.97 Å². The standard InChI is InChI=1S/C18H12BrNO5S/c1-24-11-6-8-12(9-7-11)26(22,23)20-15-10-16(19)25-17(15)13-4-2-3-5-14(13)18(20)21/h2-10H,1H3. The van der Waals surface area contributed by atoms with Crippen molar-refractivity contribution in [2.45, 2.75) is 4.90 Å². The third kappa shape index (κ3) is 2.45. The largest absolute Gasteiger partial charge is 0.497 e. The number of rotatable bonds is 3. The molecule has 6 nitrogen and oxygen atoms in total. The average Bonchev–Trinajstić information content (AvgIpc) is 3.03. The number of hydrogen-bond donors (Lipinski definition) is 0. The van der Waals surface area contributed by atoms with E-state index in [0.717, 1.165) is 3.97 Å². The van der Waals surface area contributed by atoms with Gasteiger partial charge in [-0.3, -0.25) is 4.79 Å². The van der Waals surface area contributed by atoms with Gasteiger partial charge in [0.05, 0.1) is 17.4 Å². The molecule has 4 rings (SSSR count). The van der Waals surface area contributed by atoms with E-state index in [0.29, 0.717) is 21.4 Å². The molecule has 0 aliphatic carbocycles. The van der Waals surface area contributed by atoms with Crippen molar-refractivity contribution in [3.8, 4) is 5.75 Å². The highest BCUT2D eigenvalue weighted by Crippen LogP contribution is 2.30. The van der Waals surface area contributed by atoms with Gasteiger partial charge in [0.2, 0.25) is 0 Å². The molecule has 0 bridgehead atoms. The van der Waals surface area contributed by atoms with Gasteiger partial charge in [-0.15, -0.1) is 0 Å². The summed E-state index contributed by atoms with van der Waals surface area (Å²) in [5.41, 5.74) is -0.127. The number of furan rings is 1. The van der Waals surface area contributed by atoms with Crippen molar-refractivity contribution in [3.05, 3.63) is 69.6 Å². The molecule has 0 saturated carbocycles. The molecule has 0 radical (unpaired) electrons. The van der Waals surface area contributed by atoms with Gasteiger partial charge < -0.3 is 9.15 Å². The summed E-state index contributed by atoms with van der Waals surface area (Å²) < 4.78 is 38.2. The van der Waals surface area contributed by atoms with Crippen LogP contribution in [-0.2, 0) is 10.0 Å². The Balaban J connectivity index is 2.12. The van der Waals surface area contributed by atoms with Crippen molar-refractivity contribution < 1.29 is 17.6 Å². The molecule has 2 heterocycles. The van der Waals surface area contributed by atoms with Crippen molar-refractivity contribution in [1.29, 1.82) is 0 Å². The van der Waals surface area contributed by atoms with Crippen LogP contribution in [0.15, 0.2) is 73.4 Å². The normalized spacial score (nSPS) is 11.9. The molecular weight excluding hydrogens is 422 g/mol. The zero-order valence-electron chi connectivity index (χ0n) is 13.5. The summed E-state index contributed by atoms with van der Waals surface area (Å²) in [6.07, 6.45) is 0. The highest BCUT2D eigenvalue weighted by molar-refractivity contribution is 9.10. The summed E-state index contributed by atoms with van der Waals surface area (Å²) in [5.74, 6) is 0.519. The third-order valence-corrected chi connectivity index (χ3v) is 6.19. The van der Waals surface area contributed by atoms with Gasteiger partial charge in [0.15, 0.2) is 10.3 Å². The van der Waals surface area contributed by atoms with Crippen LogP contribution < -0.4 is 10.3 Å². The summed E-state index contributed by atoms with van der Waals surface area (Å²) in [5, 5.41) is 0.818. The number of fused-ring (bicyclic) bond motifs is 3. The fourth-order valence-electron chi connectivity index (χ4n) is 2.87. The number of methoxy groups -OCH3 is 1. The Hall–Kier alpha value is -2.58. The summed E-state index contributed by atoms with van der Waals surface area (Å²) >= 11 is 3.22. The van der Waals surface area contributed by atoms with E-state index in [2.05, 4.69) is 15.9 Å². The number of nitrogens with zero attached hydrogens (tertiary/aromatic N) is 1. The molecule has 0 spiro atoms. The quantitative estimate of drug-likeness (QED) is 0.491. The first-order valence-corrected chi connectivity index (χ1v) is 9.79. The minimum Gasteiger partial charge on any atom is -0.497 e.